The molecule has 0 aliphatic carbocycles. The predicted octanol–water partition coefficient (Wildman–Crippen LogP) is 4.13. The van der Waals surface area contributed by atoms with Crippen LogP contribution in [-0.2, 0) is 0 Å². The highest BCUT2D eigenvalue weighted by Crippen LogP contribution is 1.76. The number of hydrogen-bond donors (Lipinski definition) is 0. The molecule has 0 heterocycles. The van der Waals surface area contributed by atoms with Crippen molar-refractivity contribution in [2.45, 2.75) is 21.3 Å². The number of hydrogen-bond acceptors (Lipinski definition) is 0. The molecule has 0 fully saturated rings. The summed E-state index contributed by atoms with van der Waals surface area (Å²) in [6.45, 7) is 11.0. The van der Waals surface area contributed by atoms with Gasteiger partial charge in [-0.3, -0.25) is 0 Å². The summed E-state index contributed by atoms with van der Waals surface area (Å²) in [6, 6.07) is 0. The Morgan fingerprint density at radius 2 is 1.00 bits per heavy atom. The molecule has 0 aliphatic rings. The molecule has 0 bridgehead atoms. The lowest BCUT2D eigenvalue weighted by molar-refractivity contribution is 1.50. The van der Waals surface area contributed by atoms with E-state index in [0.29, 0.717) is 0 Å². The maximum absolute atomic E-state index is 3.51. The maximum Gasteiger partial charge on any atom is -0.0623 e. The first-order valence-corrected chi connectivity index (χ1v) is 3.48. The van der Waals surface area contributed by atoms with Crippen LogP contribution < -0.4 is 0 Å². The lowest BCUT2D eigenvalue weighted by atomic mass is 10.4. The first kappa shape index (κ1) is 16.5. The maximum atomic E-state index is 3.51. The summed E-state index contributed by atoms with van der Waals surface area (Å²) >= 11 is 0. The van der Waals surface area contributed by atoms with Crippen molar-refractivity contribution in [3.8, 4) is 0 Å². The molecule has 0 spiro atoms. The third-order valence-electron chi connectivity index (χ3n) is 0.605. The fourth-order valence-corrected chi connectivity index (χ4v) is 0.285. The van der Waals surface area contributed by atoms with Crippen LogP contribution in [-0.4, -0.2) is 0 Å². The van der Waals surface area contributed by atoms with Crippen LogP contribution in [0.5, 0.6) is 0 Å². The molecular formula is C11H20. The predicted molar refractivity (Wildman–Crippen MR) is 56.8 cm³/mol. The van der Waals surface area contributed by atoms with E-state index >= 15 is 0 Å². The quantitative estimate of drug-likeness (QED) is 0.533. The van der Waals surface area contributed by atoms with Crippen molar-refractivity contribution in [1.29, 1.82) is 0 Å². The van der Waals surface area contributed by atoms with E-state index in [-0.39, 0.29) is 7.43 Å². The van der Waals surface area contributed by atoms with E-state index in [9.17, 15) is 0 Å². The van der Waals surface area contributed by atoms with E-state index in [0.717, 1.165) is 0 Å². The molecule has 0 unspecified atom stereocenters. The van der Waals surface area contributed by atoms with Gasteiger partial charge in [0.05, 0.1) is 0 Å². The molecule has 0 saturated heterocycles. The summed E-state index contributed by atoms with van der Waals surface area (Å²) in [5.74, 6) is 0. The third kappa shape index (κ3) is 27.7. The van der Waals surface area contributed by atoms with Crippen LogP contribution in [0.1, 0.15) is 21.3 Å². The Balaban J connectivity index is -0.000000196. The van der Waals surface area contributed by atoms with Crippen LogP contribution >= 0.6 is 0 Å². The smallest absolute Gasteiger partial charge is 0.0623 e. The largest absolute Gasteiger partial charge is 0.0991 e. The Kier molecular flexibility index (Phi) is 34.6. The molecule has 0 aromatic heterocycles. The molecule has 0 amide bonds. The van der Waals surface area contributed by atoms with Gasteiger partial charge in [0.2, 0.25) is 0 Å². The Bertz CT molecular complexity index is 100. The van der Waals surface area contributed by atoms with Crippen molar-refractivity contribution in [3.05, 3.63) is 49.6 Å². The summed E-state index contributed by atoms with van der Waals surface area (Å²) in [6.07, 6.45) is 11.0. The van der Waals surface area contributed by atoms with Crippen molar-refractivity contribution in [1.82, 2.24) is 0 Å². The standard InChI is InChI=1S/C8H10.C2H6.CH4/c1-3-5-7-8-6-4-2;1-2;/h3-8H,1-2H2;1-2H3;1H4/b7-5-,8-6-;;. The van der Waals surface area contributed by atoms with E-state index in [4.69, 9.17) is 0 Å². The van der Waals surface area contributed by atoms with E-state index < -0.39 is 0 Å². The zero-order chi connectivity index (χ0) is 8.24. The van der Waals surface area contributed by atoms with Crippen LogP contribution in [0.4, 0.5) is 0 Å². The normalized spacial score (nSPS) is 8.18. The topological polar surface area (TPSA) is 0 Å². The lowest BCUT2D eigenvalue weighted by Gasteiger charge is -1.67. The van der Waals surface area contributed by atoms with Crippen LogP contribution in [0, 0.1) is 0 Å². The van der Waals surface area contributed by atoms with Crippen molar-refractivity contribution < 1.29 is 0 Å². The zero-order valence-corrected chi connectivity index (χ0v) is 6.88. The van der Waals surface area contributed by atoms with Crippen LogP contribution in [0.3, 0.4) is 0 Å². The second-order valence-electron chi connectivity index (χ2n) is 1.24. The Hall–Kier alpha value is -1.04. The summed E-state index contributed by atoms with van der Waals surface area (Å²) < 4.78 is 0. The first-order valence-electron chi connectivity index (χ1n) is 3.48. The van der Waals surface area contributed by atoms with Crippen molar-refractivity contribution in [2.24, 2.45) is 0 Å². The fraction of sp³-hybridized carbons (Fsp3) is 0.273. The molecule has 0 N–H and O–H groups in total. The van der Waals surface area contributed by atoms with E-state index in [1.165, 1.54) is 0 Å². The van der Waals surface area contributed by atoms with E-state index in [2.05, 4.69) is 13.2 Å². The van der Waals surface area contributed by atoms with Gasteiger partial charge in [0.25, 0.3) is 0 Å². The highest BCUT2D eigenvalue weighted by atomic mass is 13.6. The summed E-state index contributed by atoms with van der Waals surface area (Å²) in [4.78, 5) is 0. The van der Waals surface area contributed by atoms with Crippen molar-refractivity contribution >= 4 is 0 Å². The minimum absolute atomic E-state index is 0. The highest BCUT2D eigenvalue weighted by molar-refractivity contribution is 5.12. The Morgan fingerprint density at radius 3 is 1.18 bits per heavy atom. The average Bonchev–Trinajstić information content (AvgIpc) is 2.02. The summed E-state index contributed by atoms with van der Waals surface area (Å²) in [5.41, 5.74) is 0. The van der Waals surface area contributed by atoms with Gasteiger partial charge in [0.1, 0.15) is 0 Å². The molecule has 0 atom stereocenters. The van der Waals surface area contributed by atoms with E-state index in [1.807, 2.05) is 38.2 Å². The molecule has 11 heavy (non-hydrogen) atoms. The van der Waals surface area contributed by atoms with Crippen LogP contribution in [0.25, 0.3) is 0 Å². The van der Waals surface area contributed by atoms with Gasteiger partial charge >= 0.3 is 0 Å². The van der Waals surface area contributed by atoms with E-state index in [1.54, 1.807) is 12.2 Å². The number of allylic oxidation sites excluding steroid dienone is 6. The summed E-state index contributed by atoms with van der Waals surface area (Å²) in [5, 5.41) is 0. The monoisotopic (exact) mass is 152 g/mol. The minimum Gasteiger partial charge on any atom is -0.0991 e. The zero-order valence-electron chi connectivity index (χ0n) is 6.88. The SMILES string of the molecule is C.C=C/C=C\C=C/C=C.CC. The second kappa shape index (κ2) is 23.1. The van der Waals surface area contributed by atoms with Gasteiger partial charge in [-0.1, -0.05) is 70.9 Å². The van der Waals surface area contributed by atoms with Gasteiger partial charge in [-0.15, -0.1) is 0 Å². The lowest BCUT2D eigenvalue weighted by Crippen LogP contribution is -1.45. The molecule has 0 aromatic rings. The molecule has 0 aromatic carbocycles. The minimum atomic E-state index is 0. The van der Waals surface area contributed by atoms with Gasteiger partial charge in [0, 0.05) is 0 Å². The van der Waals surface area contributed by atoms with Crippen LogP contribution in [0.2, 0.25) is 0 Å². The number of rotatable bonds is 3. The van der Waals surface area contributed by atoms with Crippen LogP contribution in [0.15, 0.2) is 49.6 Å². The van der Waals surface area contributed by atoms with Gasteiger partial charge in [0.15, 0.2) is 0 Å². The molecule has 0 aliphatic heterocycles. The molecule has 0 nitrogen and oxygen atoms in total. The van der Waals surface area contributed by atoms with Crippen molar-refractivity contribution in [3.63, 3.8) is 0 Å². The molecule has 0 rings (SSSR count). The van der Waals surface area contributed by atoms with Gasteiger partial charge in [-0.25, -0.2) is 0 Å². The highest BCUT2D eigenvalue weighted by Gasteiger charge is 1.54. The Morgan fingerprint density at radius 1 is 0.727 bits per heavy atom. The second-order valence-corrected chi connectivity index (χ2v) is 1.24. The van der Waals surface area contributed by atoms with Crippen molar-refractivity contribution in [2.75, 3.05) is 0 Å². The van der Waals surface area contributed by atoms with Gasteiger partial charge in [-0.2, -0.15) is 0 Å². The van der Waals surface area contributed by atoms with Gasteiger partial charge in [-0.05, 0) is 0 Å². The molecule has 0 heteroatoms. The third-order valence-corrected chi connectivity index (χ3v) is 0.605. The molecule has 64 valence electrons. The Labute approximate surface area is 71.6 Å². The molecule has 0 saturated carbocycles. The first-order chi connectivity index (χ1) is 4.91. The molecule has 0 radical (unpaired) electrons. The molecular weight excluding hydrogens is 132 g/mol. The van der Waals surface area contributed by atoms with Gasteiger partial charge < -0.3 is 0 Å². The average molecular weight is 152 g/mol. The summed E-state index contributed by atoms with van der Waals surface area (Å²) in [7, 11) is 0. The fourth-order valence-electron chi connectivity index (χ4n) is 0.285.